The Morgan fingerprint density at radius 3 is 2.41 bits per heavy atom. The predicted molar refractivity (Wildman–Crippen MR) is 104 cm³/mol. The molecule has 4 nitrogen and oxygen atoms in total. The molecule has 0 radical (unpaired) electrons. The average Bonchev–Trinajstić information content (AvgIpc) is 3.07. The van der Waals surface area contributed by atoms with Crippen molar-refractivity contribution in [3.05, 3.63) is 72.5 Å². The number of aromatic amines is 1. The summed E-state index contributed by atoms with van der Waals surface area (Å²) in [6.45, 7) is 3.99. The maximum Gasteiger partial charge on any atom is 0.165 e. The molecule has 0 fully saturated rings. The molecule has 1 aromatic heterocycles. The molecule has 0 aliphatic rings. The van der Waals surface area contributed by atoms with Crippen LogP contribution >= 0.6 is 0 Å². The van der Waals surface area contributed by atoms with Crippen LogP contribution in [0.4, 0.5) is 4.39 Å². The van der Waals surface area contributed by atoms with Crippen LogP contribution in [0.25, 0.3) is 22.2 Å². The molecule has 5 heteroatoms. The second-order valence-corrected chi connectivity index (χ2v) is 6.50. The Morgan fingerprint density at radius 1 is 0.926 bits per heavy atom. The van der Waals surface area contributed by atoms with Gasteiger partial charge < -0.3 is 9.47 Å². The van der Waals surface area contributed by atoms with Gasteiger partial charge in [0.1, 0.15) is 11.5 Å². The van der Waals surface area contributed by atoms with Crippen molar-refractivity contribution in [2.45, 2.75) is 20.0 Å². The number of ether oxygens (including phenoxy) is 2. The van der Waals surface area contributed by atoms with E-state index in [-0.39, 0.29) is 11.9 Å². The van der Waals surface area contributed by atoms with Gasteiger partial charge in [-0.25, -0.2) is 4.39 Å². The summed E-state index contributed by atoms with van der Waals surface area (Å²) < 4.78 is 25.1. The highest BCUT2D eigenvalue weighted by Gasteiger charge is 2.11. The van der Waals surface area contributed by atoms with Gasteiger partial charge >= 0.3 is 0 Å². The van der Waals surface area contributed by atoms with Crippen LogP contribution in [0.15, 0.2) is 66.7 Å². The number of para-hydroxylation sites is 1. The van der Waals surface area contributed by atoms with Crippen LogP contribution in [0.2, 0.25) is 0 Å². The number of halogens is 1. The fourth-order valence-electron chi connectivity index (χ4n) is 2.90. The van der Waals surface area contributed by atoms with E-state index in [2.05, 4.69) is 10.2 Å². The quantitative estimate of drug-likeness (QED) is 0.477. The fraction of sp³-hybridized carbons (Fsp3) is 0.136. The maximum absolute atomic E-state index is 13.8. The third kappa shape index (κ3) is 3.62. The van der Waals surface area contributed by atoms with Crippen molar-refractivity contribution in [2.24, 2.45) is 0 Å². The molecular formula is C22H19FN2O2. The van der Waals surface area contributed by atoms with Gasteiger partial charge in [0.15, 0.2) is 11.6 Å². The van der Waals surface area contributed by atoms with Crippen molar-refractivity contribution in [3.63, 3.8) is 0 Å². The van der Waals surface area contributed by atoms with Gasteiger partial charge in [-0.3, -0.25) is 5.10 Å². The van der Waals surface area contributed by atoms with E-state index in [4.69, 9.17) is 9.47 Å². The summed E-state index contributed by atoms with van der Waals surface area (Å²) in [6.07, 6.45) is 0.134. The van der Waals surface area contributed by atoms with E-state index in [1.807, 2.05) is 56.3 Å². The zero-order valence-electron chi connectivity index (χ0n) is 15.1. The third-order valence-corrected chi connectivity index (χ3v) is 4.10. The lowest BCUT2D eigenvalue weighted by Gasteiger charge is -2.09. The van der Waals surface area contributed by atoms with Gasteiger partial charge in [-0.05, 0) is 62.4 Å². The number of hydrogen-bond acceptors (Lipinski definition) is 3. The SMILES string of the molecule is CC(C)Oc1ccc(-c2n[nH]c3cc(Oc4ccccc4F)ccc23)cc1. The minimum Gasteiger partial charge on any atom is -0.491 e. The zero-order chi connectivity index (χ0) is 18.8. The van der Waals surface area contributed by atoms with Crippen molar-refractivity contribution in [3.8, 4) is 28.5 Å². The maximum atomic E-state index is 13.8. The van der Waals surface area contributed by atoms with E-state index in [0.29, 0.717) is 5.75 Å². The average molecular weight is 362 g/mol. The molecule has 3 aromatic carbocycles. The summed E-state index contributed by atoms with van der Waals surface area (Å²) in [6, 6.07) is 19.7. The fourth-order valence-corrected chi connectivity index (χ4v) is 2.90. The molecule has 1 N–H and O–H groups in total. The van der Waals surface area contributed by atoms with E-state index >= 15 is 0 Å². The smallest absolute Gasteiger partial charge is 0.165 e. The first-order valence-corrected chi connectivity index (χ1v) is 8.78. The first-order valence-electron chi connectivity index (χ1n) is 8.78. The normalized spacial score (nSPS) is 11.1. The highest BCUT2D eigenvalue weighted by Crippen LogP contribution is 2.32. The molecule has 0 bridgehead atoms. The third-order valence-electron chi connectivity index (χ3n) is 4.10. The molecule has 27 heavy (non-hydrogen) atoms. The number of nitrogens with zero attached hydrogens (tertiary/aromatic N) is 1. The van der Waals surface area contributed by atoms with Crippen molar-refractivity contribution in [1.29, 1.82) is 0 Å². The molecule has 136 valence electrons. The van der Waals surface area contributed by atoms with Crippen molar-refractivity contribution in [2.75, 3.05) is 0 Å². The van der Waals surface area contributed by atoms with Gasteiger partial charge in [0, 0.05) is 17.0 Å². The molecule has 0 saturated heterocycles. The molecule has 0 atom stereocenters. The van der Waals surface area contributed by atoms with Crippen LogP contribution in [0.1, 0.15) is 13.8 Å². The largest absolute Gasteiger partial charge is 0.491 e. The summed E-state index contributed by atoms with van der Waals surface area (Å²) in [7, 11) is 0. The Hall–Kier alpha value is -3.34. The minimum absolute atomic E-state index is 0.134. The van der Waals surface area contributed by atoms with Gasteiger partial charge in [-0.1, -0.05) is 12.1 Å². The topological polar surface area (TPSA) is 47.1 Å². The van der Waals surface area contributed by atoms with Crippen LogP contribution in [-0.4, -0.2) is 16.3 Å². The van der Waals surface area contributed by atoms with Crippen LogP contribution in [0, 0.1) is 5.82 Å². The van der Waals surface area contributed by atoms with Crippen molar-refractivity contribution in [1.82, 2.24) is 10.2 Å². The van der Waals surface area contributed by atoms with Gasteiger partial charge in [0.25, 0.3) is 0 Å². The van der Waals surface area contributed by atoms with E-state index in [0.717, 1.165) is 27.9 Å². The molecular weight excluding hydrogens is 343 g/mol. The summed E-state index contributed by atoms with van der Waals surface area (Å²) in [4.78, 5) is 0. The van der Waals surface area contributed by atoms with E-state index in [1.54, 1.807) is 18.2 Å². The molecule has 0 aliphatic carbocycles. The number of aromatic nitrogens is 2. The standard InChI is InChI=1S/C22H19FN2O2/c1-14(2)26-16-9-7-15(8-10-16)22-18-12-11-17(13-20(18)24-25-22)27-21-6-4-3-5-19(21)23/h3-14H,1-2H3,(H,24,25). The number of hydrogen-bond donors (Lipinski definition) is 1. The van der Waals surface area contributed by atoms with Gasteiger partial charge in [0.2, 0.25) is 0 Å². The summed E-state index contributed by atoms with van der Waals surface area (Å²) in [5.74, 6) is 1.17. The predicted octanol–water partition coefficient (Wildman–Crippen LogP) is 5.95. The van der Waals surface area contributed by atoms with E-state index < -0.39 is 5.82 Å². The monoisotopic (exact) mass is 362 g/mol. The summed E-state index contributed by atoms with van der Waals surface area (Å²) in [5, 5.41) is 8.41. The van der Waals surface area contributed by atoms with Crippen molar-refractivity contribution < 1.29 is 13.9 Å². The Labute approximate surface area is 156 Å². The van der Waals surface area contributed by atoms with Crippen molar-refractivity contribution >= 4 is 10.9 Å². The number of rotatable bonds is 5. The summed E-state index contributed by atoms with van der Waals surface area (Å²) in [5.41, 5.74) is 2.65. The second kappa shape index (κ2) is 7.11. The van der Waals surface area contributed by atoms with E-state index in [1.165, 1.54) is 6.07 Å². The first kappa shape index (κ1) is 17.1. The molecule has 1 heterocycles. The molecule has 0 aliphatic heterocycles. The first-order chi connectivity index (χ1) is 13.1. The molecule has 4 aromatic rings. The second-order valence-electron chi connectivity index (χ2n) is 6.50. The van der Waals surface area contributed by atoms with Crippen LogP contribution in [0.5, 0.6) is 17.2 Å². The number of nitrogens with one attached hydrogen (secondary N) is 1. The number of benzene rings is 3. The molecule has 0 amide bonds. The Kier molecular flexibility index (Phi) is 4.50. The number of H-pyrrole nitrogens is 1. The van der Waals surface area contributed by atoms with Crippen LogP contribution < -0.4 is 9.47 Å². The molecule has 4 rings (SSSR count). The Bertz CT molecular complexity index is 1070. The highest BCUT2D eigenvalue weighted by atomic mass is 19.1. The zero-order valence-corrected chi connectivity index (χ0v) is 15.1. The number of fused-ring (bicyclic) bond motifs is 1. The lowest BCUT2D eigenvalue weighted by molar-refractivity contribution is 0.242. The van der Waals surface area contributed by atoms with Gasteiger partial charge in [-0.15, -0.1) is 0 Å². The van der Waals surface area contributed by atoms with Crippen LogP contribution in [-0.2, 0) is 0 Å². The Morgan fingerprint density at radius 2 is 1.67 bits per heavy atom. The lowest BCUT2D eigenvalue weighted by atomic mass is 10.1. The Balaban J connectivity index is 1.62. The molecule has 0 spiro atoms. The van der Waals surface area contributed by atoms with Gasteiger partial charge in [0.05, 0.1) is 17.3 Å². The van der Waals surface area contributed by atoms with Crippen LogP contribution in [0.3, 0.4) is 0 Å². The molecule has 0 saturated carbocycles. The lowest BCUT2D eigenvalue weighted by Crippen LogP contribution is -2.05. The van der Waals surface area contributed by atoms with Gasteiger partial charge in [-0.2, -0.15) is 5.10 Å². The minimum atomic E-state index is -0.397. The van der Waals surface area contributed by atoms with E-state index in [9.17, 15) is 4.39 Å². The summed E-state index contributed by atoms with van der Waals surface area (Å²) >= 11 is 0. The highest BCUT2D eigenvalue weighted by molar-refractivity contribution is 5.93. The molecule has 0 unspecified atom stereocenters.